The molecule has 6 heteroatoms. The van der Waals surface area contributed by atoms with E-state index in [2.05, 4.69) is 27.7 Å². The van der Waals surface area contributed by atoms with Crippen molar-refractivity contribution in [2.24, 2.45) is 0 Å². The fraction of sp³-hybridized carbons (Fsp3) is 0.800. The molecule has 1 aromatic heterocycles. The summed E-state index contributed by atoms with van der Waals surface area (Å²) in [5, 5.41) is 4.55. The third-order valence-electron chi connectivity index (χ3n) is 4.20. The van der Waals surface area contributed by atoms with Gasteiger partial charge in [0, 0.05) is 18.0 Å². The van der Waals surface area contributed by atoms with Gasteiger partial charge in [0.05, 0.1) is 18.0 Å². The Labute approximate surface area is 128 Å². The van der Waals surface area contributed by atoms with Crippen LogP contribution in [0.1, 0.15) is 37.1 Å². The Bertz CT molecular complexity index is 565. The van der Waals surface area contributed by atoms with Crippen LogP contribution in [0.4, 0.5) is 0 Å². The zero-order valence-corrected chi connectivity index (χ0v) is 14.2. The van der Waals surface area contributed by atoms with Crippen LogP contribution < -0.4 is 0 Å². The van der Waals surface area contributed by atoms with E-state index in [0.717, 1.165) is 31.7 Å². The van der Waals surface area contributed by atoms with Crippen LogP contribution in [0.15, 0.2) is 6.07 Å². The average Bonchev–Trinajstić information content (AvgIpc) is 2.68. The number of sulfone groups is 1. The second-order valence-corrected chi connectivity index (χ2v) is 8.54. The predicted octanol–water partition coefficient (Wildman–Crippen LogP) is 1.79. The Morgan fingerprint density at radius 3 is 2.71 bits per heavy atom. The first kappa shape index (κ1) is 16.5. The van der Waals surface area contributed by atoms with Crippen LogP contribution in [-0.2, 0) is 16.4 Å². The second-order valence-electron chi connectivity index (χ2n) is 6.28. The Hall–Kier alpha value is -0.880. The number of nitrogens with zero attached hydrogens (tertiary/aromatic N) is 3. The minimum atomic E-state index is -2.85. The first-order chi connectivity index (χ1) is 9.85. The number of hydrogen-bond acceptors (Lipinski definition) is 4. The molecule has 1 atom stereocenters. The average molecular weight is 313 g/mol. The van der Waals surface area contributed by atoms with Crippen molar-refractivity contribution in [1.29, 1.82) is 0 Å². The molecule has 0 unspecified atom stereocenters. The van der Waals surface area contributed by atoms with Gasteiger partial charge in [0.25, 0.3) is 0 Å². The number of likely N-dealkylation sites (tertiary alicyclic amines) is 1. The zero-order chi connectivity index (χ0) is 15.5. The smallest absolute Gasteiger partial charge is 0.147 e. The third-order valence-corrected chi connectivity index (χ3v) is 5.23. The van der Waals surface area contributed by atoms with Crippen molar-refractivity contribution in [3.05, 3.63) is 17.5 Å². The summed E-state index contributed by atoms with van der Waals surface area (Å²) in [6.07, 6.45) is 5.69. The summed E-state index contributed by atoms with van der Waals surface area (Å²) in [7, 11) is -2.85. The number of piperidine rings is 1. The Morgan fingerprint density at radius 1 is 1.33 bits per heavy atom. The molecule has 0 saturated carbocycles. The van der Waals surface area contributed by atoms with E-state index >= 15 is 0 Å². The van der Waals surface area contributed by atoms with Gasteiger partial charge in [0.15, 0.2) is 0 Å². The lowest BCUT2D eigenvalue weighted by molar-refractivity contribution is 0.129. The van der Waals surface area contributed by atoms with Crippen LogP contribution in [0.2, 0.25) is 0 Å². The van der Waals surface area contributed by atoms with Crippen molar-refractivity contribution in [3.8, 4) is 0 Å². The summed E-state index contributed by atoms with van der Waals surface area (Å²) in [6, 6.07) is 2.59. The number of aryl methyl sites for hydroxylation is 2. The highest BCUT2D eigenvalue weighted by molar-refractivity contribution is 7.90. The normalized spacial score (nSPS) is 20.8. The SMILES string of the molecule is Cc1cc(C)n(C[C@@H]2CCCCN2CCCS(C)(=O)=O)n1. The first-order valence-electron chi connectivity index (χ1n) is 7.78. The minimum Gasteiger partial charge on any atom is -0.299 e. The van der Waals surface area contributed by atoms with E-state index in [1.807, 2.05) is 6.92 Å². The predicted molar refractivity (Wildman–Crippen MR) is 85.2 cm³/mol. The van der Waals surface area contributed by atoms with Gasteiger partial charge in [-0.1, -0.05) is 6.42 Å². The number of rotatable bonds is 6. The first-order valence-corrected chi connectivity index (χ1v) is 9.84. The maximum atomic E-state index is 11.3. The molecule has 0 amide bonds. The molecule has 21 heavy (non-hydrogen) atoms. The molecule has 2 rings (SSSR count). The number of aromatic nitrogens is 2. The van der Waals surface area contributed by atoms with E-state index in [-0.39, 0.29) is 5.75 Å². The Morgan fingerprint density at radius 2 is 2.10 bits per heavy atom. The quantitative estimate of drug-likeness (QED) is 0.803. The lowest BCUT2D eigenvalue weighted by Crippen LogP contribution is -2.43. The van der Waals surface area contributed by atoms with Crippen molar-refractivity contribution in [3.63, 3.8) is 0 Å². The molecule has 1 fully saturated rings. The van der Waals surface area contributed by atoms with Crippen molar-refractivity contribution < 1.29 is 8.42 Å². The molecule has 1 aliphatic heterocycles. The van der Waals surface area contributed by atoms with Gasteiger partial charge in [0.2, 0.25) is 0 Å². The molecule has 0 aromatic carbocycles. The van der Waals surface area contributed by atoms with Gasteiger partial charge in [-0.2, -0.15) is 5.10 Å². The Balaban J connectivity index is 1.94. The van der Waals surface area contributed by atoms with Crippen LogP contribution in [0.25, 0.3) is 0 Å². The molecule has 0 aliphatic carbocycles. The summed E-state index contributed by atoms with van der Waals surface area (Å²) in [5.74, 6) is 0.288. The second kappa shape index (κ2) is 6.92. The molecule has 1 aromatic rings. The topological polar surface area (TPSA) is 55.2 Å². The van der Waals surface area contributed by atoms with Crippen molar-refractivity contribution in [2.75, 3.05) is 25.1 Å². The van der Waals surface area contributed by atoms with Gasteiger partial charge in [-0.05, 0) is 52.3 Å². The monoisotopic (exact) mass is 313 g/mol. The summed E-state index contributed by atoms with van der Waals surface area (Å²) >= 11 is 0. The molecule has 1 saturated heterocycles. The maximum Gasteiger partial charge on any atom is 0.147 e. The molecule has 2 heterocycles. The molecule has 120 valence electrons. The van der Waals surface area contributed by atoms with Gasteiger partial charge in [-0.15, -0.1) is 0 Å². The van der Waals surface area contributed by atoms with Crippen LogP contribution in [-0.4, -0.2) is 54.2 Å². The van der Waals surface area contributed by atoms with Crippen LogP contribution in [0.3, 0.4) is 0 Å². The molecular formula is C15H27N3O2S. The Kier molecular flexibility index (Phi) is 5.43. The van der Waals surface area contributed by atoms with Crippen LogP contribution in [0.5, 0.6) is 0 Å². The summed E-state index contributed by atoms with van der Waals surface area (Å²) in [5.41, 5.74) is 2.26. The maximum absolute atomic E-state index is 11.3. The fourth-order valence-electron chi connectivity index (χ4n) is 3.15. The largest absolute Gasteiger partial charge is 0.299 e. The lowest BCUT2D eigenvalue weighted by Gasteiger charge is -2.35. The van der Waals surface area contributed by atoms with Crippen LogP contribution >= 0.6 is 0 Å². The van der Waals surface area contributed by atoms with E-state index in [4.69, 9.17) is 0 Å². The van der Waals surface area contributed by atoms with E-state index in [0.29, 0.717) is 6.04 Å². The molecule has 5 nitrogen and oxygen atoms in total. The lowest BCUT2D eigenvalue weighted by atomic mass is 10.0. The zero-order valence-electron chi connectivity index (χ0n) is 13.4. The molecular weight excluding hydrogens is 286 g/mol. The molecule has 0 bridgehead atoms. The highest BCUT2D eigenvalue weighted by Gasteiger charge is 2.23. The van der Waals surface area contributed by atoms with E-state index in [1.54, 1.807) is 0 Å². The highest BCUT2D eigenvalue weighted by atomic mass is 32.2. The van der Waals surface area contributed by atoms with Gasteiger partial charge in [-0.3, -0.25) is 9.58 Å². The van der Waals surface area contributed by atoms with Gasteiger partial charge < -0.3 is 0 Å². The van der Waals surface area contributed by atoms with Crippen molar-refractivity contribution in [2.45, 2.75) is 52.1 Å². The van der Waals surface area contributed by atoms with E-state index in [9.17, 15) is 8.42 Å². The molecule has 0 N–H and O–H groups in total. The van der Waals surface area contributed by atoms with Gasteiger partial charge in [-0.25, -0.2) is 8.42 Å². The fourth-order valence-corrected chi connectivity index (χ4v) is 3.80. The third kappa shape index (κ3) is 5.11. The summed E-state index contributed by atoms with van der Waals surface area (Å²) < 4.78 is 24.6. The van der Waals surface area contributed by atoms with Crippen LogP contribution in [0, 0.1) is 13.8 Å². The van der Waals surface area contributed by atoms with Gasteiger partial charge >= 0.3 is 0 Å². The number of hydrogen-bond donors (Lipinski definition) is 0. The molecule has 1 aliphatic rings. The molecule has 0 radical (unpaired) electrons. The van der Waals surface area contributed by atoms with E-state index < -0.39 is 9.84 Å². The van der Waals surface area contributed by atoms with Gasteiger partial charge in [0.1, 0.15) is 9.84 Å². The minimum absolute atomic E-state index is 0.288. The molecule has 0 spiro atoms. The summed E-state index contributed by atoms with van der Waals surface area (Å²) in [4.78, 5) is 2.45. The summed E-state index contributed by atoms with van der Waals surface area (Å²) in [6.45, 7) is 6.98. The standard InChI is InChI=1S/C15H27N3O2S/c1-13-11-14(2)18(16-13)12-15-7-4-5-8-17(15)9-6-10-21(3,19)20/h11,15H,4-10,12H2,1-3H3/t15-/m0/s1. The highest BCUT2D eigenvalue weighted by Crippen LogP contribution is 2.19. The van der Waals surface area contributed by atoms with E-state index in [1.165, 1.54) is 31.2 Å². The van der Waals surface area contributed by atoms with Crippen molar-refractivity contribution >= 4 is 9.84 Å². The van der Waals surface area contributed by atoms with Crippen molar-refractivity contribution in [1.82, 2.24) is 14.7 Å².